The number of rotatable bonds is 4. The third kappa shape index (κ3) is 3.57. The maximum Gasteiger partial charge on any atom is 0.332 e. The number of aryl methyl sites for hydroxylation is 2. The van der Waals surface area contributed by atoms with Gasteiger partial charge >= 0.3 is 5.97 Å². The maximum atomic E-state index is 12.0. The zero-order chi connectivity index (χ0) is 14.7. The number of hydrogen-bond donors (Lipinski definition) is 2. The fourth-order valence-electron chi connectivity index (χ4n) is 2.45. The van der Waals surface area contributed by atoms with E-state index in [0.29, 0.717) is 24.9 Å². The van der Waals surface area contributed by atoms with Gasteiger partial charge < -0.3 is 15.2 Å². The van der Waals surface area contributed by atoms with E-state index in [9.17, 15) is 9.59 Å². The summed E-state index contributed by atoms with van der Waals surface area (Å²) in [5.74, 6) is -1.09. The molecule has 1 fully saturated rings. The Morgan fingerprint density at radius 1 is 1.25 bits per heavy atom. The minimum absolute atomic E-state index is 0.154. The Kier molecular flexibility index (Phi) is 4.39. The molecule has 1 amide bonds. The van der Waals surface area contributed by atoms with Crippen molar-refractivity contribution in [1.29, 1.82) is 0 Å². The summed E-state index contributed by atoms with van der Waals surface area (Å²) >= 11 is 0. The smallest absolute Gasteiger partial charge is 0.332 e. The molecule has 2 rings (SSSR count). The Morgan fingerprint density at radius 3 is 2.45 bits per heavy atom. The molecule has 0 saturated carbocycles. The monoisotopic (exact) mass is 277 g/mol. The number of benzene rings is 1. The van der Waals surface area contributed by atoms with E-state index in [0.717, 1.165) is 11.1 Å². The van der Waals surface area contributed by atoms with Crippen LogP contribution in [0.3, 0.4) is 0 Å². The molecule has 2 unspecified atom stereocenters. The predicted molar refractivity (Wildman–Crippen MR) is 73.8 cm³/mol. The minimum Gasteiger partial charge on any atom is -0.479 e. The number of aliphatic carboxylic acids is 1. The quantitative estimate of drug-likeness (QED) is 0.877. The minimum atomic E-state index is -0.937. The highest BCUT2D eigenvalue weighted by molar-refractivity contribution is 5.94. The lowest BCUT2D eigenvalue weighted by molar-refractivity contribution is -0.149. The first-order valence-corrected chi connectivity index (χ1v) is 6.70. The van der Waals surface area contributed by atoms with E-state index < -0.39 is 12.1 Å². The molecule has 5 heteroatoms. The second kappa shape index (κ2) is 6.05. The number of amides is 1. The van der Waals surface area contributed by atoms with Crippen LogP contribution in [0.1, 0.15) is 34.3 Å². The van der Waals surface area contributed by atoms with Gasteiger partial charge in [-0.15, -0.1) is 0 Å². The second-order valence-electron chi connectivity index (χ2n) is 5.25. The van der Waals surface area contributed by atoms with Crippen LogP contribution in [0.15, 0.2) is 18.2 Å². The Bertz CT molecular complexity index is 506. The first-order valence-electron chi connectivity index (χ1n) is 6.70. The van der Waals surface area contributed by atoms with Gasteiger partial charge in [-0.2, -0.15) is 0 Å². The maximum absolute atomic E-state index is 12.0. The summed E-state index contributed by atoms with van der Waals surface area (Å²) in [5.41, 5.74) is 2.70. The Labute approximate surface area is 117 Å². The summed E-state index contributed by atoms with van der Waals surface area (Å²) in [4.78, 5) is 22.8. The Morgan fingerprint density at radius 2 is 1.90 bits per heavy atom. The first kappa shape index (κ1) is 14.5. The number of carbonyl (C=O) groups is 2. The molecule has 0 aliphatic carbocycles. The van der Waals surface area contributed by atoms with Crippen LogP contribution in [0.4, 0.5) is 0 Å². The molecule has 1 heterocycles. The second-order valence-corrected chi connectivity index (χ2v) is 5.25. The van der Waals surface area contributed by atoms with Crippen LogP contribution < -0.4 is 5.32 Å². The van der Waals surface area contributed by atoms with Crippen LogP contribution >= 0.6 is 0 Å². The molecule has 1 saturated heterocycles. The molecule has 1 aromatic carbocycles. The van der Waals surface area contributed by atoms with Crippen molar-refractivity contribution >= 4 is 11.9 Å². The molecule has 2 atom stereocenters. The van der Waals surface area contributed by atoms with Gasteiger partial charge in [0.15, 0.2) is 6.10 Å². The molecule has 5 nitrogen and oxygen atoms in total. The average molecular weight is 277 g/mol. The molecule has 0 aromatic heterocycles. The highest BCUT2D eigenvalue weighted by Crippen LogP contribution is 2.19. The molecular formula is C15H19NO4. The topological polar surface area (TPSA) is 75.6 Å². The summed E-state index contributed by atoms with van der Waals surface area (Å²) in [7, 11) is 0. The molecule has 0 spiro atoms. The van der Waals surface area contributed by atoms with Gasteiger partial charge in [-0.05, 0) is 38.8 Å². The van der Waals surface area contributed by atoms with Gasteiger partial charge in [-0.3, -0.25) is 4.79 Å². The van der Waals surface area contributed by atoms with Crippen LogP contribution in [0.5, 0.6) is 0 Å². The normalized spacial score (nSPS) is 21.7. The Balaban J connectivity index is 1.88. The summed E-state index contributed by atoms with van der Waals surface area (Å²) < 4.78 is 5.34. The van der Waals surface area contributed by atoms with Crippen molar-refractivity contribution in [2.24, 2.45) is 0 Å². The van der Waals surface area contributed by atoms with Crippen molar-refractivity contribution < 1.29 is 19.4 Å². The molecular weight excluding hydrogens is 258 g/mol. The lowest BCUT2D eigenvalue weighted by atomic mass is 10.1. The van der Waals surface area contributed by atoms with Crippen molar-refractivity contribution in [2.45, 2.75) is 38.9 Å². The van der Waals surface area contributed by atoms with Crippen molar-refractivity contribution in [2.75, 3.05) is 6.54 Å². The van der Waals surface area contributed by atoms with Crippen LogP contribution in [0.2, 0.25) is 0 Å². The summed E-state index contributed by atoms with van der Waals surface area (Å²) in [6.45, 7) is 4.23. The lowest BCUT2D eigenvalue weighted by Gasteiger charge is -2.12. The summed E-state index contributed by atoms with van der Waals surface area (Å²) in [5, 5.41) is 11.6. The molecule has 20 heavy (non-hydrogen) atoms. The van der Waals surface area contributed by atoms with E-state index in [2.05, 4.69) is 5.32 Å². The number of carboxylic acids is 1. The standard InChI is InChI=1S/C15H19NO4/c1-9-5-10(2)7-11(6-9)14(17)16-8-12-3-4-13(20-12)15(18)19/h5-7,12-13H,3-4,8H2,1-2H3,(H,16,17)(H,18,19). The van der Waals surface area contributed by atoms with Gasteiger partial charge in [0, 0.05) is 12.1 Å². The summed E-state index contributed by atoms with van der Waals surface area (Å²) in [6.07, 6.45) is 0.202. The highest BCUT2D eigenvalue weighted by Gasteiger charge is 2.30. The SMILES string of the molecule is Cc1cc(C)cc(C(=O)NCC2CCC(C(=O)O)O2)c1. The Hall–Kier alpha value is -1.88. The molecule has 0 bridgehead atoms. The largest absolute Gasteiger partial charge is 0.479 e. The number of carboxylic acid groups (broad SMARTS) is 1. The summed E-state index contributed by atoms with van der Waals surface area (Å²) in [6, 6.07) is 5.67. The fraction of sp³-hybridized carbons (Fsp3) is 0.467. The van der Waals surface area contributed by atoms with E-state index in [4.69, 9.17) is 9.84 Å². The molecule has 1 aromatic rings. The van der Waals surface area contributed by atoms with Crippen LogP contribution in [0, 0.1) is 13.8 Å². The van der Waals surface area contributed by atoms with Gasteiger partial charge in [-0.1, -0.05) is 17.2 Å². The lowest BCUT2D eigenvalue weighted by Crippen LogP contribution is -2.33. The van der Waals surface area contributed by atoms with Crippen LogP contribution in [0.25, 0.3) is 0 Å². The van der Waals surface area contributed by atoms with Gasteiger partial charge in [0.1, 0.15) is 0 Å². The van der Waals surface area contributed by atoms with Gasteiger partial charge in [0.05, 0.1) is 6.10 Å². The molecule has 2 N–H and O–H groups in total. The molecule has 1 aliphatic heterocycles. The molecule has 1 aliphatic rings. The van der Waals surface area contributed by atoms with Crippen molar-refractivity contribution in [3.8, 4) is 0 Å². The van der Waals surface area contributed by atoms with E-state index >= 15 is 0 Å². The first-order chi connectivity index (χ1) is 9.45. The zero-order valence-corrected chi connectivity index (χ0v) is 11.7. The average Bonchev–Trinajstić information content (AvgIpc) is 2.83. The third-order valence-electron chi connectivity index (χ3n) is 3.36. The number of nitrogens with one attached hydrogen (secondary N) is 1. The molecule has 0 radical (unpaired) electrons. The number of carbonyl (C=O) groups excluding carboxylic acids is 1. The predicted octanol–water partition coefficient (Wildman–Crippen LogP) is 1.67. The van der Waals surface area contributed by atoms with Crippen LogP contribution in [-0.4, -0.2) is 35.7 Å². The van der Waals surface area contributed by atoms with Gasteiger partial charge in [-0.25, -0.2) is 4.79 Å². The van der Waals surface area contributed by atoms with Crippen molar-refractivity contribution in [3.63, 3.8) is 0 Å². The fourth-order valence-corrected chi connectivity index (χ4v) is 2.45. The van der Waals surface area contributed by atoms with E-state index in [1.54, 1.807) is 0 Å². The van der Waals surface area contributed by atoms with E-state index in [1.165, 1.54) is 0 Å². The van der Waals surface area contributed by atoms with Crippen LogP contribution in [-0.2, 0) is 9.53 Å². The van der Waals surface area contributed by atoms with E-state index in [-0.39, 0.29) is 12.0 Å². The van der Waals surface area contributed by atoms with Gasteiger partial charge in [0.25, 0.3) is 5.91 Å². The van der Waals surface area contributed by atoms with Gasteiger partial charge in [0.2, 0.25) is 0 Å². The third-order valence-corrected chi connectivity index (χ3v) is 3.36. The number of hydrogen-bond acceptors (Lipinski definition) is 3. The van der Waals surface area contributed by atoms with Crippen molar-refractivity contribution in [1.82, 2.24) is 5.32 Å². The zero-order valence-electron chi connectivity index (χ0n) is 11.7. The van der Waals surface area contributed by atoms with E-state index in [1.807, 2.05) is 32.0 Å². The highest BCUT2D eigenvalue weighted by atomic mass is 16.5. The van der Waals surface area contributed by atoms with Crippen molar-refractivity contribution in [3.05, 3.63) is 34.9 Å². The number of ether oxygens (including phenoxy) is 1. The molecule has 108 valence electrons.